The number of nitro benzene ring substituents is 4. The fourth-order valence-corrected chi connectivity index (χ4v) is 3.23. The molecule has 18 heteroatoms. The minimum atomic E-state index is -0.987. The number of ether oxygens (including phenoxy) is 2. The minimum Gasteiger partial charge on any atom is -0.449 e. The molecule has 0 aliphatic rings. The maximum atomic E-state index is 12.6. The molecule has 0 bridgehead atoms. The Morgan fingerprint density at radius 3 is 1.12 bits per heavy atom. The topological polar surface area (TPSA) is 232 Å². The van der Waals surface area contributed by atoms with Crippen LogP contribution in [0.2, 0.25) is 0 Å². The highest BCUT2D eigenvalue weighted by Crippen LogP contribution is 2.30. The number of anilines is 2. The van der Waals surface area contributed by atoms with Gasteiger partial charge in [-0.05, 0) is 13.8 Å². The lowest BCUT2D eigenvalue weighted by Gasteiger charge is -2.21. The number of rotatable bonds is 12. The fourth-order valence-electron chi connectivity index (χ4n) is 3.23. The summed E-state index contributed by atoms with van der Waals surface area (Å²) in [4.78, 5) is 68.5. The molecule has 0 radical (unpaired) electrons. The molecule has 0 saturated carbocycles. The molecular weight excluding hydrogens is 540 g/mol. The maximum absolute atomic E-state index is 12.6. The molecule has 0 aliphatic heterocycles. The number of nitro groups is 4. The van der Waals surface area contributed by atoms with Gasteiger partial charge in [0, 0.05) is 37.4 Å². The zero-order valence-electron chi connectivity index (χ0n) is 21.0. The van der Waals surface area contributed by atoms with Gasteiger partial charge in [-0.3, -0.25) is 50.3 Å². The molecule has 18 nitrogen and oxygen atoms in total. The first-order valence-corrected chi connectivity index (χ1v) is 11.3. The van der Waals surface area contributed by atoms with Gasteiger partial charge in [-0.25, -0.2) is 9.59 Å². The summed E-state index contributed by atoms with van der Waals surface area (Å²) in [6.45, 7) is 2.14. The summed E-state index contributed by atoms with van der Waals surface area (Å²) in [6.07, 6.45) is 0.635. The van der Waals surface area contributed by atoms with Crippen LogP contribution in [0.4, 0.5) is 43.7 Å². The highest BCUT2D eigenvalue weighted by atomic mass is 16.6. The van der Waals surface area contributed by atoms with Gasteiger partial charge in [0.05, 0.1) is 56.4 Å². The van der Waals surface area contributed by atoms with Crippen LogP contribution in [0, 0.1) is 40.5 Å². The van der Waals surface area contributed by atoms with Gasteiger partial charge < -0.3 is 9.47 Å². The van der Waals surface area contributed by atoms with E-state index in [1.165, 1.54) is 26.0 Å². The summed E-state index contributed by atoms with van der Waals surface area (Å²) in [7, 11) is 0. The van der Waals surface area contributed by atoms with E-state index in [9.17, 15) is 50.0 Å². The van der Waals surface area contributed by atoms with E-state index >= 15 is 0 Å². The van der Waals surface area contributed by atoms with Crippen LogP contribution in [0.1, 0.15) is 13.8 Å². The Kier molecular flexibility index (Phi) is 10.5. The molecule has 212 valence electrons. The number of carbonyl (C=O) groups is 2. The number of nitrogens with zero attached hydrogens (tertiary/aromatic N) is 6. The van der Waals surface area contributed by atoms with Crippen LogP contribution < -0.4 is 9.80 Å². The standard InChI is InChI=1S/C22H22N6O12/c1-3-39-21(29)23(15-9-17(25(31)32)13-18(10-15)26(33)34)7-5-6-8-24(22(30)40-4-2)16-11-19(27(35)36)14-20(12-16)28(37)38/h5-6,9-14H,3-4,7-8H2,1-2H3/b6-5-. The van der Waals surface area contributed by atoms with Crippen molar-refractivity contribution < 1.29 is 38.8 Å². The largest absolute Gasteiger partial charge is 0.449 e. The number of amides is 2. The minimum absolute atomic E-state index is 0.0850. The molecule has 40 heavy (non-hydrogen) atoms. The molecule has 0 aliphatic carbocycles. The Balaban J connectivity index is 2.44. The van der Waals surface area contributed by atoms with Crippen molar-refractivity contribution in [3.05, 3.63) is 89.0 Å². The van der Waals surface area contributed by atoms with Crippen molar-refractivity contribution in [3.63, 3.8) is 0 Å². The lowest BCUT2D eigenvalue weighted by molar-refractivity contribution is -0.394. The third-order valence-corrected chi connectivity index (χ3v) is 4.96. The van der Waals surface area contributed by atoms with Crippen LogP contribution in [0.3, 0.4) is 0 Å². The first-order chi connectivity index (χ1) is 18.9. The first-order valence-electron chi connectivity index (χ1n) is 11.3. The molecule has 0 unspecified atom stereocenters. The second-order valence-corrected chi connectivity index (χ2v) is 7.53. The average molecular weight is 562 g/mol. The van der Waals surface area contributed by atoms with Crippen molar-refractivity contribution in [1.29, 1.82) is 0 Å². The molecule has 0 heterocycles. The van der Waals surface area contributed by atoms with Crippen molar-refractivity contribution in [2.24, 2.45) is 0 Å². The van der Waals surface area contributed by atoms with Gasteiger partial charge in [-0.15, -0.1) is 0 Å². The van der Waals surface area contributed by atoms with E-state index in [1.54, 1.807) is 0 Å². The lowest BCUT2D eigenvalue weighted by atomic mass is 10.2. The number of hydrogen-bond donors (Lipinski definition) is 0. The SMILES string of the molecule is CCOC(=O)N(C/C=C\CN(C(=O)OCC)c1cc([N+](=O)[O-])cc([N+](=O)[O-])c1)c1cc([N+](=O)[O-])cc([N+](=O)[O-])c1. The van der Waals surface area contributed by atoms with Crippen LogP contribution in [0.25, 0.3) is 0 Å². The molecule has 0 atom stereocenters. The third kappa shape index (κ3) is 7.91. The van der Waals surface area contributed by atoms with Crippen molar-refractivity contribution in [2.45, 2.75) is 13.8 Å². The zero-order chi connectivity index (χ0) is 30.0. The molecular formula is C22H22N6O12. The van der Waals surface area contributed by atoms with Crippen molar-refractivity contribution in [3.8, 4) is 0 Å². The van der Waals surface area contributed by atoms with E-state index in [1.807, 2.05) is 0 Å². The fraction of sp³-hybridized carbons (Fsp3) is 0.273. The highest BCUT2D eigenvalue weighted by molar-refractivity contribution is 5.90. The van der Waals surface area contributed by atoms with Crippen LogP contribution >= 0.6 is 0 Å². The van der Waals surface area contributed by atoms with Gasteiger partial charge in [0.15, 0.2) is 0 Å². The van der Waals surface area contributed by atoms with E-state index in [0.717, 1.165) is 46.2 Å². The molecule has 2 rings (SSSR count). The van der Waals surface area contributed by atoms with E-state index in [4.69, 9.17) is 9.47 Å². The lowest BCUT2D eigenvalue weighted by Crippen LogP contribution is -2.33. The van der Waals surface area contributed by atoms with Gasteiger partial charge >= 0.3 is 12.2 Å². The van der Waals surface area contributed by atoms with Gasteiger partial charge in [0.1, 0.15) is 0 Å². The molecule has 0 aromatic heterocycles. The third-order valence-electron chi connectivity index (χ3n) is 4.96. The average Bonchev–Trinajstić information content (AvgIpc) is 2.90. The first kappa shape index (κ1) is 30.5. The molecule has 2 aromatic carbocycles. The quantitative estimate of drug-likeness (QED) is 0.197. The number of carbonyl (C=O) groups excluding carboxylic acids is 2. The maximum Gasteiger partial charge on any atom is 0.414 e. The number of benzene rings is 2. The smallest absolute Gasteiger partial charge is 0.414 e. The van der Waals surface area contributed by atoms with Crippen LogP contribution in [0.15, 0.2) is 48.6 Å². The summed E-state index contributed by atoms with van der Waals surface area (Å²) in [5.41, 5.74) is -3.04. The summed E-state index contributed by atoms with van der Waals surface area (Å²) in [6, 6.07) is 5.18. The second-order valence-electron chi connectivity index (χ2n) is 7.53. The van der Waals surface area contributed by atoms with E-state index < -0.39 is 54.6 Å². The second kappa shape index (κ2) is 13.7. The van der Waals surface area contributed by atoms with Crippen LogP contribution in [-0.2, 0) is 9.47 Å². The molecule has 2 aromatic rings. The van der Waals surface area contributed by atoms with Gasteiger partial charge in [-0.1, -0.05) is 12.2 Å². The monoisotopic (exact) mass is 562 g/mol. The van der Waals surface area contributed by atoms with Crippen molar-refractivity contribution >= 4 is 46.3 Å². The van der Waals surface area contributed by atoms with E-state index in [-0.39, 0.29) is 37.7 Å². The van der Waals surface area contributed by atoms with E-state index in [0.29, 0.717) is 0 Å². The zero-order valence-corrected chi connectivity index (χ0v) is 21.0. The van der Waals surface area contributed by atoms with Crippen LogP contribution in [0.5, 0.6) is 0 Å². The molecule has 0 saturated heterocycles. The normalized spacial score (nSPS) is 10.6. The Morgan fingerprint density at radius 1 is 0.625 bits per heavy atom. The molecule has 0 N–H and O–H groups in total. The predicted octanol–water partition coefficient (Wildman–Crippen LogP) is 4.50. The van der Waals surface area contributed by atoms with Gasteiger partial charge in [0.25, 0.3) is 22.7 Å². The Morgan fingerprint density at radius 2 is 0.900 bits per heavy atom. The molecule has 0 spiro atoms. The highest BCUT2D eigenvalue weighted by Gasteiger charge is 2.25. The predicted molar refractivity (Wildman–Crippen MR) is 137 cm³/mol. The van der Waals surface area contributed by atoms with Crippen LogP contribution in [-0.4, -0.2) is 58.2 Å². The Bertz CT molecular complexity index is 1200. The van der Waals surface area contributed by atoms with Gasteiger partial charge in [0.2, 0.25) is 0 Å². The van der Waals surface area contributed by atoms with Crippen molar-refractivity contribution in [1.82, 2.24) is 0 Å². The Hall–Kier alpha value is -5.68. The van der Waals surface area contributed by atoms with E-state index in [2.05, 4.69) is 0 Å². The molecule has 0 fully saturated rings. The number of hydrogen-bond acceptors (Lipinski definition) is 12. The Labute approximate surface area is 224 Å². The number of non-ortho nitro benzene ring substituents is 4. The summed E-state index contributed by atoms with van der Waals surface area (Å²) in [5, 5.41) is 45.1. The summed E-state index contributed by atoms with van der Waals surface area (Å²) in [5.74, 6) is 0. The molecule has 2 amide bonds. The van der Waals surface area contributed by atoms with Gasteiger partial charge in [-0.2, -0.15) is 0 Å². The summed E-state index contributed by atoms with van der Waals surface area (Å²) >= 11 is 0. The van der Waals surface area contributed by atoms with Crippen molar-refractivity contribution in [2.75, 3.05) is 36.1 Å². The summed E-state index contributed by atoms with van der Waals surface area (Å²) < 4.78 is 9.90.